The Morgan fingerprint density at radius 3 is 2.75 bits per heavy atom. The molecular formula is C19H26O. The van der Waals surface area contributed by atoms with Gasteiger partial charge in [0, 0.05) is 0 Å². The lowest BCUT2D eigenvalue weighted by Gasteiger charge is -2.55. The Morgan fingerprint density at radius 1 is 1.05 bits per heavy atom. The van der Waals surface area contributed by atoms with Crippen molar-refractivity contribution in [1.29, 1.82) is 0 Å². The summed E-state index contributed by atoms with van der Waals surface area (Å²) in [5.41, 5.74) is 4.54. The molecule has 0 saturated heterocycles. The lowest BCUT2D eigenvalue weighted by molar-refractivity contribution is -0.0144. The highest BCUT2D eigenvalue weighted by atomic mass is 16.3. The molecule has 0 amide bonds. The predicted molar refractivity (Wildman–Crippen MR) is 80.1 cm³/mol. The first-order chi connectivity index (χ1) is 9.63. The summed E-state index contributed by atoms with van der Waals surface area (Å²) < 4.78 is 0. The third kappa shape index (κ3) is 1.29. The van der Waals surface area contributed by atoms with E-state index in [4.69, 9.17) is 0 Å². The second-order valence-corrected chi connectivity index (χ2v) is 8.49. The van der Waals surface area contributed by atoms with Gasteiger partial charge in [-0.1, -0.05) is 30.2 Å². The number of hydrogen-bond donors (Lipinski definition) is 1. The summed E-state index contributed by atoms with van der Waals surface area (Å²) in [7, 11) is 0. The van der Waals surface area contributed by atoms with Gasteiger partial charge in [-0.05, 0) is 80.0 Å². The monoisotopic (exact) mass is 270 g/mol. The van der Waals surface area contributed by atoms with Crippen LogP contribution in [-0.2, 0) is 0 Å². The van der Waals surface area contributed by atoms with Crippen molar-refractivity contribution in [1.82, 2.24) is 0 Å². The van der Waals surface area contributed by atoms with E-state index in [1.165, 1.54) is 38.5 Å². The lowest BCUT2D eigenvalue weighted by atomic mass is 9.49. The smallest absolute Gasteiger partial charge is 0.0577 e. The molecule has 0 aliphatic heterocycles. The molecule has 6 atom stereocenters. The SMILES string of the molecule is CC12CC[C@H](O)CC1=CCC1[C@@H]2CCC23CC2=CC[C@@H]13. The summed E-state index contributed by atoms with van der Waals surface area (Å²) in [5, 5.41) is 10.0. The van der Waals surface area contributed by atoms with E-state index in [-0.39, 0.29) is 6.10 Å². The minimum Gasteiger partial charge on any atom is -0.393 e. The van der Waals surface area contributed by atoms with Crippen LogP contribution < -0.4 is 0 Å². The van der Waals surface area contributed by atoms with Crippen molar-refractivity contribution >= 4 is 0 Å². The van der Waals surface area contributed by atoms with Gasteiger partial charge in [0.05, 0.1) is 6.10 Å². The highest BCUT2D eigenvalue weighted by Crippen LogP contribution is 2.73. The maximum atomic E-state index is 10.0. The Hall–Kier alpha value is -0.560. The molecule has 1 spiro atoms. The van der Waals surface area contributed by atoms with Crippen molar-refractivity contribution in [3.63, 3.8) is 0 Å². The zero-order valence-corrected chi connectivity index (χ0v) is 12.6. The van der Waals surface area contributed by atoms with Crippen LogP contribution in [0.2, 0.25) is 0 Å². The first-order valence-corrected chi connectivity index (χ1v) is 8.71. The van der Waals surface area contributed by atoms with Crippen LogP contribution in [0, 0.1) is 28.6 Å². The fourth-order valence-electron chi connectivity index (χ4n) is 6.72. The molecule has 0 aromatic rings. The summed E-state index contributed by atoms with van der Waals surface area (Å²) in [5.74, 6) is 2.81. The van der Waals surface area contributed by atoms with E-state index >= 15 is 0 Å². The average molecular weight is 270 g/mol. The largest absolute Gasteiger partial charge is 0.393 e. The fraction of sp³-hybridized carbons (Fsp3) is 0.789. The highest BCUT2D eigenvalue weighted by molar-refractivity contribution is 5.41. The molecular weight excluding hydrogens is 244 g/mol. The van der Waals surface area contributed by atoms with Gasteiger partial charge in [-0.2, -0.15) is 0 Å². The third-order valence-electron chi connectivity index (χ3n) is 7.92. The van der Waals surface area contributed by atoms with Gasteiger partial charge in [0.2, 0.25) is 0 Å². The van der Waals surface area contributed by atoms with Gasteiger partial charge in [0.25, 0.3) is 0 Å². The van der Waals surface area contributed by atoms with Gasteiger partial charge < -0.3 is 5.11 Å². The molecule has 0 aromatic carbocycles. The van der Waals surface area contributed by atoms with Crippen molar-refractivity contribution in [3.05, 3.63) is 23.3 Å². The van der Waals surface area contributed by atoms with E-state index in [0.717, 1.165) is 30.6 Å². The molecule has 5 rings (SSSR count). The Balaban J connectivity index is 1.52. The summed E-state index contributed by atoms with van der Waals surface area (Å²) in [4.78, 5) is 0. The van der Waals surface area contributed by atoms with Crippen LogP contribution in [0.3, 0.4) is 0 Å². The summed E-state index contributed by atoms with van der Waals surface area (Å²) in [6.45, 7) is 2.52. The molecule has 0 aromatic heterocycles. The van der Waals surface area contributed by atoms with Crippen LogP contribution in [0.1, 0.15) is 58.3 Å². The molecule has 3 fully saturated rings. The van der Waals surface area contributed by atoms with Crippen molar-refractivity contribution in [2.24, 2.45) is 28.6 Å². The van der Waals surface area contributed by atoms with E-state index in [1.807, 2.05) is 5.57 Å². The summed E-state index contributed by atoms with van der Waals surface area (Å²) >= 11 is 0. The Labute approximate surface area is 122 Å². The molecule has 108 valence electrons. The normalized spacial score (nSPS) is 55.9. The number of allylic oxidation sites excluding steroid dienone is 3. The Morgan fingerprint density at radius 2 is 1.90 bits per heavy atom. The molecule has 1 heteroatoms. The Kier molecular flexibility index (Phi) is 2.17. The zero-order valence-electron chi connectivity index (χ0n) is 12.6. The molecule has 3 saturated carbocycles. The molecule has 0 bridgehead atoms. The number of aliphatic hydroxyl groups excluding tert-OH is 1. The first kappa shape index (κ1) is 12.0. The maximum Gasteiger partial charge on any atom is 0.0577 e. The highest BCUT2D eigenvalue weighted by Gasteiger charge is 2.64. The minimum absolute atomic E-state index is 0.0658. The van der Waals surface area contributed by atoms with Crippen molar-refractivity contribution in [2.45, 2.75) is 64.4 Å². The molecule has 5 aliphatic rings. The second-order valence-electron chi connectivity index (χ2n) is 8.49. The van der Waals surface area contributed by atoms with Crippen LogP contribution in [-0.4, -0.2) is 11.2 Å². The summed E-state index contributed by atoms with van der Waals surface area (Å²) in [6, 6.07) is 0. The first-order valence-electron chi connectivity index (χ1n) is 8.71. The van der Waals surface area contributed by atoms with Gasteiger partial charge in [-0.15, -0.1) is 0 Å². The standard InChI is InChI=1S/C19H26O/c1-18-8-6-14(20)10-12(18)2-4-15-16(18)7-9-19-11-13(19)3-5-17(15)19/h2-3,14-17,20H,4-11H2,1H3/t14-,15?,16-,17-,18?,19?/m0/s1. The lowest BCUT2D eigenvalue weighted by Crippen LogP contribution is -2.48. The topological polar surface area (TPSA) is 20.2 Å². The molecule has 1 N–H and O–H groups in total. The molecule has 0 radical (unpaired) electrons. The van der Waals surface area contributed by atoms with Crippen molar-refractivity contribution in [3.8, 4) is 0 Å². The van der Waals surface area contributed by atoms with Crippen LogP contribution in [0.15, 0.2) is 23.3 Å². The van der Waals surface area contributed by atoms with Gasteiger partial charge in [-0.25, -0.2) is 0 Å². The van der Waals surface area contributed by atoms with Gasteiger partial charge in [-0.3, -0.25) is 0 Å². The maximum absolute atomic E-state index is 10.0. The van der Waals surface area contributed by atoms with Crippen LogP contribution in [0.25, 0.3) is 0 Å². The van der Waals surface area contributed by atoms with E-state index in [2.05, 4.69) is 19.1 Å². The van der Waals surface area contributed by atoms with Crippen molar-refractivity contribution < 1.29 is 5.11 Å². The van der Waals surface area contributed by atoms with E-state index in [1.54, 1.807) is 5.57 Å². The van der Waals surface area contributed by atoms with Crippen LogP contribution in [0.5, 0.6) is 0 Å². The van der Waals surface area contributed by atoms with E-state index in [9.17, 15) is 5.11 Å². The zero-order chi connectivity index (χ0) is 13.5. The van der Waals surface area contributed by atoms with Crippen LogP contribution in [0.4, 0.5) is 0 Å². The molecule has 0 heterocycles. The molecule has 20 heavy (non-hydrogen) atoms. The predicted octanol–water partition coefficient (Wildman–Crippen LogP) is 4.23. The quantitative estimate of drug-likeness (QED) is 0.653. The average Bonchev–Trinajstić information content (AvgIpc) is 3.01. The van der Waals surface area contributed by atoms with E-state index < -0.39 is 0 Å². The number of aliphatic hydroxyl groups is 1. The van der Waals surface area contributed by atoms with Gasteiger partial charge in [0.15, 0.2) is 0 Å². The van der Waals surface area contributed by atoms with Crippen molar-refractivity contribution in [2.75, 3.05) is 0 Å². The van der Waals surface area contributed by atoms with Gasteiger partial charge in [0.1, 0.15) is 0 Å². The van der Waals surface area contributed by atoms with Gasteiger partial charge >= 0.3 is 0 Å². The number of hydrogen-bond acceptors (Lipinski definition) is 1. The van der Waals surface area contributed by atoms with E-state index in [0.29, 0.717) is 10.8 Å². The number of rotatable bonds is 0. The summed E-state index contributed by atoms with van der Waals surface area (Å²) in [6.07, 6.45) is 15.3. The second kappa shape index (κ2) is 3.61. The third-order valence-corrected chi connectivity index (χ3v) is 7.92. The van der Waals surface area contributed by atoms with Crippen LogP contribution >= 0.6 is 0 Å². The minimum atomic E-state index is -0.0658. The fourth-order valence-corrected chi connectivity index (χ4v) is 6.72. The molecule has 5 aliphatic carbocycles. The number of fused-ring (bicyclic) bond motifs is 4. The molecule has 1 nitrogen and oxygen atoms in total. The Bertz CT molecular complexity index is 530. The molecule has 3 unspecified atom stereocenters.